The van der Waals surface area contributed by atoms with Gasteiger partial charge in [-0.3, -0.25) is 9.59 Å². The number of aryl methyl sites for hydroxylation is 1. The Bertz CT molecular complexity index is 1250. The third-order valence-corrected chi connectivity index (χ3v) is 5.99. The molecule has 9 heteroatoms. The molecule has 1 aromatic heterocycles. The molecule has 2 aromatic carbocycles. The summed E-state index contributed by atoms with van der Waals surface area (Å²) in [7, 11) is 4.56. The van der Waals surface area contributed by atoms with Crippen molar-refractivity contribution in [1.29, 1.82) is 0 Å². The second-order valence-corrected chi connectivity index (χ2v) is 7.99. The van der Waals surface area contributed by atoms with E-state index in [1.165, 1.54) is 26.2 Å². The zero-order valence-corrected chi connectivity index (χ0v) is 19.8. The Morgan fingerprint density at radius 1 is 1.00 bits per heavy atom. The van der Waals surface area contributed by atoms with Crippen molar-refractivity contribution in [3.63, 3.8) is 0 Å². The monoisotopic (exact) mass is 477 g/mol. The van der Waals surface area contributed by atoms with Gasteiger partial charge < -0.3 is 28.8 Å². The number of aromatic nitrogens is 2. The number of hydrogen-bond donors (Lipinski definition) is 1. The number of aliphatic hydroxyl groups is 1. The van der Waals surface area contributed by atoms with Crippen molar-refractivity contribution in [1.82, 2.24) is 14.5 Å². The van der Waals surface area contributed by atoms with E-state index in [9.17, 15) is 14.7 Å². The van der Waals surface area contributed by atoms with Crippen LogP contribution in [0.2, 0.25) is 0 Å². The number of methoxy groups -OCH3 is 3. The van der Waals surface area contributed by atoms with Crippen LogP contribution in [0.15, 0.2) is 66.8 Å². The number of rotatable bonds is 9. The first kappa shape index (κ1) is 23.9. The Morgan fingerprint density at radius 3 is 2.46 bits per heavy atom. The summed E-state index contributed by atoms with van der Waals surface area (Å²) < 4.78 is 18.1. The van der Waals surface area contributed by atoms with Gasteiger partial charge in [0, 0.05) is 36.6 Å². The number of likely N-dealkylation sites (tertiary alicyclic amines) is 1. The predicted octanol–water partition coefficient (Wildman–Crippen LogP) is 3.42. The lowest BCUT2D eigenvalue weighted by atomic mass is 9.94. The summed E-state index contributed by atoms with van der Waals surface area (Å²) in [6.07, 6.45) is 5.78. The van der Waals surface area contributed by atoms with E-state index in [2.05, 4.69) is 4.98 Å². The Balaban J connectivity index is 1.82. The van der Waals surface area contributed by atoms with Gasteiger partial charge in [-0.25, -0.2) is 4.98 Å². The zero-order chi connectivity index (χ0) is 24.9. The van der Waals surface area contributed by atoms with Crippen LogP contribution in [0.5, 0.6) is 17.2 Å². The van der Waals surface area contributed by atoms with Crippen molar-refractivity contribution in [2.75, 3.05) is 27.9 Å². The molecule has 1 amide bonds. The summed E-state index contributed by atoms with van der Waals surface area (Å²) in [4.78, 5) is 32.0. The van der Waals surface area contributed by atoms with Crippen LogP contribution in [0.4, 0.5) is 0 Å². The summed E-state index contributed by atoms with van der Waals surface area (Å²) in [5.41, 5.74) is 0.892. The number of nitrogens with zero attached hydrogens (tertiary/aromatic N) is 3. The quantitative estimate of drug-likeness (QED) is 0.286. The van der Waals surface area contributed by atoms with E-state index in [0.29, 0.717) is 41.3 Å². The first-order valence-electron chi connectivity index (χ1n) is 11.1. The van der Waals surface area contributed by atoms with Crippen molar-refractivity contribution < 1.29 is 28.9 Å². The Hall–Kier alpha value is -4.27. The SMILES string of the molecule is COc1cccc(C(O)=C2C(=O)C(=O)N(CCCn3ccnc3)C2c2cc(OC)ccc2OC)c1. The molecule has 2 heterocycles. The molecule has 1 N–H and O–H groups in total. The van der Waals surface area contributed by atoms with Gasteiger partial charge in [0.25, 0.3) is 11.7 Å². The smallest absolute Gasteiger partial charge is 0.295 e. The lowest BCUT2D eigenvalue weighted by Gasteiger charge is -2.27. The fourth-order valence-corrected chi connectivity index (χ4v) is 4.26. The molecule has 0 saturated carbocycles. The average molecular weight is 478 g/mol. The van der Waals surface area contributed by atoms with Gasteiger partial charge in [-0.05, 0) is 36.8 Å². The summed E-state index contributed by atoms with van der Waals surface area (Å²) >= 11 is 0. The largest absolute Gasteiger partial charge is 0.507 e. The van der Waals surface area contributed by atoms with Crippen LogP contribution in [0.1, 0.15) is 23.6 Å². The van der Waals surface area contributed by atoms with Gasteiger partial charge in [0.1, 0.15) is 23.0 Å². The molecule has 182 valence electrons. The van der Waals surface area contributed by atoms with Crippen LogP contribution in [-0.2, 0) is 16.1 Å². The van der Waals surface area contributed by atoms with Crippen LogP contribution in [0, 0.1) is 0 Å². The normalized spacial score (nSPS) is 17.0. The minimum Gasteiger partial charge on any atom is -0.507 e. The molecule has 1 saturated heterocycles. The van der Waals surface area contributed by atoms with Crippen molar-refractivity contribution in [2.24, 2.45) is 0 Å². The molecule has 0 bridgehead atoms. The van der Waals surface area contributed by atoms with Crippen molar-refractivity contribution in [3.05, 3.63) is 77.9 Å². The molecule has 3 aromatic rings. The minimum absolute atomic E-state index is 0.0163. The maximum absolute atomic E-state index is 13.3. The first-order chi connectivity index (χ1) is 17.0. The van der Waals surface area contributed by atoms with E-state index in [4.69, 9.17) is 14.2 Å². The second-order valence-electron chi connectivity index (χ2n) is 7.99. The molecule has 1 fully saturated rings. The van der Waals surface area contributed by atoms with Gasteiger partial charge in [0.2, 0.25) is 0 Å². The summed E-state index contributed by atoms with van der Waals surface area (Å²) in [5.74, 6) is -0.217. The highest BCUT2D eigenvalue weighted by Crippen LogP contribution is 2.44. The molecule has 1 unspecified atom stereocenters. The second kappa shape index (κ2) is 10.3. The van der Waals surface area contributed by atoms with Gasteiger partial charge in [-0.15, -0.1) is 0 Å². The highest BCUT2D eigenvalue weighted by molar-refractivity contribution is 6.46. The topological polar surface area (TPSA) is 103 Å². The number of Topliss-reactive ketones (excluding diaryl/α,β-unsaturated/α-hetero) is 1. The number of carbonyl (C=O) groups excluding carboxylic acids is 2. The average Bonchev–Trinajstić information content (AvgIpc) is 3.50. The van der Waals surface area contributed by atoms with Crippen LogP contribution in [0.3, 0.4) is 0 Å². The van der Waals surface area contributed by atoms with E-state index in [1.54, 1.807) is 55.0 Å². The summed E-state index contributed by atoms with van der Waals surface area (Å²) in [6, 6.07) is 11.0. The molecule has 1 aliphatic rings. The fraction of sp³-hybridized carbons (Fsp3) is 0.269. The lowest BCUT2D eigenvalue weighted by molar-refractivity contribution is -0.140. The Kier molecular flexibility index (Phi) is 7.05. The van der Waals surface area contributed by atoms with Gasteiger partial charge in [-0.1, -0.05) is 12.1 Å². The molecule has 0 spiro atoms. The van der Waals surface area contributed by atoms with Crippen LogP contribution < -0.4 is 14.2 Å². The van der Waals surface area contributed by atoms with Crippen molar-refractivity contribution in [2.45, 2.75) is 19.0 Å². The number of hydrogen-bond acceptors (Lipinski definition) is 7. The molecule has 0 radical (unpaired) electrons. The van der Waals surface area contributed by atoms with E-state index in [-0.39, 0.29) is 17.9 Å². The number of imidazole rings is 1. The van der Waals surface area contributed by atoms with E-state index < -0.39 is 17.7 Å². The third-order valence-electron chi connectivity index (χ3n) is 5.99. The molecule has 1 aliphatic heterocycles. The van der Waals surface area contributed by atoms with Gasteiger partial charge in [-0.2, -0.15) is 0 Å². The fourth-order valence-electron chi connectivity index (χ4n) is 4.26. The van der Waals surface area contributed by atoms with Gasteiger partial charge >= 0.3 is 0 Å². The summed E-state index contributed by atoms with van der Waals surface area (Å²) in [6.45, 7) is 0.892. The molecule has 1 atom stereocenters. The van der Waals surface area contributed by atoms with Gasteiger partial charge in [0.15, 0.2) is 0 Å². The molecular formula is C26H27N3O6. The number of ketones is 1. The van der Waals surface area contributed by atoms with E-state index in [1.807, 2.05) is 10.8 Å². The van der Waals surface area contributed by atoms with E-state index in [0.717, 1.165) is 0 Å². The molecule has 35 heavy (non-hydrogen) atoms. The highest BCUT2D eigenvalue weighted by Gasteiger charge is 2.47. The standard InChI is InChI=1S/C26H27N3O6/c1-33-18-7-4-6-17(14-18)24(30)22-23(20-15-19(34-2)8-9-21(20)35-3)29(26(32)25(22)31)12-5-11-28-13-10-27-16-28/h4,6-10,13-16,23,30H,5,11-12H2,1-3H3. The maximum Gasteiger partial charge on any atom is 0.295 e. The molecule has 0 aliphatic carbocycles. The summed E-state index contributed by atoms with van der Waals surface area (Å²) in [5, 5.41) is 11.3. The first-order valence-corrected chi connectivity index (χ1v) is 11.1. The number of carbonyl (C=O) groups is 2. The predicted molar refractivity (Wildman–Crippen MR) is 128 cm³/mol. The molecule has 4 rings (SSSR count). The number of benzene rings is 2. The Labute approximate surface area is 203 Å². The minimum atomic E-state index is -0.867. The Morgan fingerprint density at radius 2 is 1.77 bits per heavy atom. The number of aliphatic hydroxyl groups excluding tert-OH is 1. The van der Waals surface area contributed by atoms with Crippen molar-refractivity contribution in [3.8, 4) is 17.2 Å². The lowest BCUT2D eigenvalue weighted by Crippen LogP contribution is -2.31. The molecular weight excluding hydrogens is 450 g/mol. The van der Waals surface area contributed by atoms with E-state index >= 15 is 0 Å². The van der Waals surface area contributed by atoms with Crippen molar-refractivity contribution >= 4 is 17.4 Å². The maximum atomic E-state index is 13.3. The van der Waals surface area contributed by atoms with Crippen LogP contribution >= 0.6 is 0 Å². The van der Waals surface area contributed by atoms with Crippen LogP contribution in [-0.4, -0.2) is 59.1 Å². The third kappa shape index (κ3) is 4.70. The number of amides is 1. The highest BCUT2D eigenvalue weighted by atomic mass is 16.5. The number of ether oxygens (including phenoxy) is 3. The molecule has 9 nitrogen and oxygen atoms in total. The van der Waals surface area contributed by atoms with Gasteiger partial charge in [0.05, 0.1) is 39.3 Å². The van der Waals surface area contributed by atoms with Crippen LogP contribution in [0.25, 0.3) is 5.76 Å². The zero-order valence-electron chi connectivity index (χ0n) is 19.8.